The molecule has 7 heteroatoms. The van der Waals surface area contributed by atoms with Gasteiger partial charge in [-0.2, -0.15) is 0 Å². The highest BCUT2D eigenvalue weighted by molar-refractivity contribution is 6.05. The molecule has 1 heterocycles. The van der Waals surface area contributed by atoms with Crippen LogP contribution in [0.5, 0.6) is 11.5 Å². The molecule has 7 nitrogen and oxygen atoms in total. The number of hydrogen-bond acceptors (Lipinski definition) is 5. The number of amides is 2. The summed E-state index contributed by atoms with van der Waals surface area (Å²) in [7, 11) is 1.48. The van der Waals surface area contributed by atoms with Gasteiger partial charge in [-0.15, -0.1) is 0 Å². The number of methoxy groups -OCH3 is 1. The predicted molar refractivity (Wildman–Crippen MR) is 110 cm³/mol. The molecule has 0 saturated heterocycles. The van der Waals surface area contributed by atoms with Crippen molar-refractivity contribution in [3.05, 3.63) is 72.2 Å². The molecule has 29 heavy (non-hydrogen) atoms. The van der Waals surface area contributed by atoms with Gasteiger partial charge in [0, 0.05) is 17.3 Å². The summed E-state index contributed by atoms with van der Waals surface area (Å²) in [6.45, 7) is 3.88. The summed E-state index contributed by atoms with van der Waals surface area (Å²) in [5, 5.41) is 5.52. The van der Waals surface area contributed by atoms with E-state index in [2.05, 4.69) is 10.6 Å². The normalized spacial score (nSPS) is 10.5. The van der Waals surface area contributed by atoms with Crippen LogP contribution in [0.15, 0.2) is 65.3 Å². The van der Waals surface area contributed by atoms with Gasteiger partial charge >= 0.3 is 0 Å². The number of furan rings is 1. The number of hydrogen-bond donors (Lipinski definition) is 2. The van der Waals surface area contributed by atoms with Crippen molar-refractivity contribution in [2.45, 2.75) is 20.0 Å². The number of nitrogens with one attached hydrogen (secondary N) is 2. The van der Waals surface area contributed by atoms with Gasteiger partial charge in [0.15, 0.2) is 5.76 Å². The summed E-state index contributed by atoms with van der Waals surface area (Å²) in [6.07, 6.45) is 1.49. The molecule has 2 amide bonds. The lowest BCUT2D eigenvalue weighted by atomic mass is 10.2. The van der Waals surface area contributed by atoms with E-state index in [9.17, 15) is 9.59 Å². The Hall–Kier alpha value is -3.74. The average Bonchev–Trinajstić information content (AvgIpc) is 3.24. The fraction of sp³-hybridized carbons (Fsp3) is 0.182. The Labute approximate surface area is 168 Å². The molecule has 0 fully saturated rings. The van der Waals surface area contributed by atoms with Crippen molar-refractivity contribution in [3.63, 3.8) is 0 Å². The highest BCUT2D eigenvalue weighted by atomic mass is 16.5. The number of anilines is 2. The molecule has 0 saturated carbocycles. The first-order valence-corrected chi connectivity index (χ1v) is 9.07. The fourth-order valence-corrected chi connectivity index (χ4v) is 2.62. The molecule has 0 radical (unpaired) electrons. The first kappa shape index (κ1) is 20.0. The summed E-state index contributed by atoms with van der Waals surface area (Å²) in [5.74, 6) is 0.636. The molecular formula is C22H22N2O5. The molecule has 0 aliphatic carbocycles. The summed E-state index contributed by atoms with van der Waals surface area (Å²) in [5.41, 5.74) is 1.49. The summed E-state index contributed by atoms with van der Waals surface area (Å²) < 4.78 is 16.0. The van der Waals surface area contributed by atoms with E-state index in [4.69, 9.17) is 13.9 Å². The average molecular weight is 394 g/mol. The van der Waals surface area contributed by atoms with Crippen LogP contribution in [0.4, 0.5) is 11.4 Å². The van der Waals surface area contributed by atoms with Gasteiger partial charge in [-0.25, -0.2) is 0 Å². The van der Waals surface area contributed by atoms with Crippen LogP contribution in [-0.2, 0) is 0 Å². The molecule has 0 spiro atoms. The zero-order valence-corrected chi connectivity index (χ0v) is 16.4. The van der Waals surface area contributed by atoms with Gasteiger partial charge < -0.3 is 24.5 Å². The largest absolute Gasteiger partial charge is 0.494 e. The van der Waals surface area contributed by atoms with E-state index >= 15 is 0 Å². The maximum atomic E-state index is 12.5. The second kappa shape index (κ2) is 8.97. The van der Waals surface area contributed by atoms with Crippen LogP contribution in [0.25, 0.3) is 0 Å². The fourth-order valence-electron chi connectivity index (χ4n) is 2.62. The van der Waals surface area contributed by atoms with Crippen LogP contribution in [0.1, 0.15) is 34.8 Å². The highest BCUT2D eigenvalue weighted by Crippen LogP contribution is 2.29. The third-order valence-electron chi connectivity index (χ3n) is 3.94. The minimum atomic E-state index is -0.395. The molecule has 1 aromatic heterocycles. The van der Waals surface area contributed by atoms with Crippen LogP contribution in [0.3, 0.4) is 0 Å². The van der Waals surface area contributed by atoms with E-state index in [1.54, 1.807) is 54.6 Å². The van der Waals surface area contributed by atoms with Crippen molar-refractivity contribution < 1.29 is 23.5 Å². The lowest BCUT2D eigenvalue weighted by molar-refractivity contribution is 0.0994. The monoisotopic (exact) mass is 394 g/mol. The van der Waals surface area contributed by atoms with Crippen molar-refractivity contribution in [1.82, 2.24) is 0 Å². The lowest BCUT2D eigenvalue weighted by Crippen LogP contribution is -2.14. The van der Waals surface area contributed by atoms with E-state index < -0.39 is 5.91 Å². The van der Waals surface area contributed by atoms with Crippen LogP contribution in [0.2, 0.25) is 0 Å². The van der Waals surface area contributed by atoms with E-state index in [0.29, 0.717) is 28.4 Å². The summed E-state index contributed by atoms with van der Waals surface area (Å²) in [4.78, 5) is 24.6. The van der Waals surface area contributed by atoms with Gasteiger partial charge in [0.25, 0.3) is 11.8 Å². The summed E-state index contributed by atoms with van der Waals surface area (Å²) >= 11 is 0. The summed E-state index contributed by atoms with van der Waals surface area (Å²) in [6, 6.07) is 15.0. The second-order valence-electron chi connectivity index (χ2n) is 6.49. The zero-order chi connectivity index (χ0) is 20.8. The van der Waals surface area contributed by atoms with Crippen LogP contribution >= 0.6 is 0 Å². The Bertz CT molecular complexity index is 979. The van der Waals surface area contributed by atoms with E-state index in [1.165, 1.54) is 13.4 Å². The van der Waals surface area contributed by atoms with E-state index in [1.807, 2.05) is 13.8 Å². The Balaban J connectivity index is 1.69. The Morgan fingerprint density at radius 1 is 0.966 bits per heavy atom. The number of carbonyl (C=O) groups excluding carboxylic acids is 2. The zero-order valence-electron chi connectivity index (χ0n) is 16.4. The Morgan fingerprint density at radius 3 is 2.34 bits per heavy atom. The number of ether oxygens (including phenoxy) is 2. The second-order valence-corrected chi connectivity index (χ2v) is 6.49. The van der Waals surface area contributed by atoms with Gasteiger partial charge in [0.2, 0.25) is 0 Å². The van der Waals surface area contributed by atoms with Crippen LogP contribution in [-0.4, -0.2) is 25.0 Å². The minimum absolute atomic E-state index is 0.0638. The van der Waals surface area contributed by atoms with Gasteiger partial charge in [0.1, 0.15) is 11.5 Å². The maximum Gasteiger partial charge on any atom is 0.291 e. The van der Waals surface area contributed by atoms with E-state index in [0.717, 1.165) is 0 Å². The van der Waals surface area contributed by atoms with Crippen LogP contribution in [0, 0.1) is 0 Å². The highest BCUT2D eigenvalue weighted by Gasteiger charge is 2.14. The molecular weight excluding hydrogens is 372 g/mol. The topological polar surface area (TPSA) is 89.8 Å². The Kier molecular flexibility index (Phi) is 6.19. The lowest BCUT2D eigenvalue weighted by Gasteiger charge is -2.13. The number of carbonyl (C=O) groups is 2. The molecule has 0 aliphatic heterocycles. The molecule has 2 N–H and O–H groups in total. The van der Waals surface area contributed by atoms with Crippen molar-refractivity contribution >= 4 is 23.2 Å². The first-order valence-electron chi connectivity index (χ1n) is 9.07. The van der Waals surface area contributed by atoms with Gasteiger partial charge in [-0.05, 0) is 62.4 Å². The molecule has 3 aromatic rings. The molecule has 150 valence electrons. The molecule has 3 rings (SSSR count). The molecule has 0 unspecified atom stereocenters. The number of benzene rings is 2. The van der Waals surface area contributed by atoms with Crippen molar-refractivity contribution in [1.29, 1.82) is 0 Å². The quantitative estimate of drug-likeness (QED) is 0.612. The molecule has 0 aliphatic rings. The molecule has 0 atom stereocenters. The maximum absolute atomic E-state index is 12.5. The standard InChI is InChI=1S/C22H22N2O5/c1-14(2)29-17-9-6-15(7-10-17)21(25)23-16-8-11-18(20(13-16)27-3)24-22(26)19-5-4-12-28-19/h4-14H,1-3H3,(H,23,25)(H,24,26). The first-order chi connectivity index (χ1) is 14.0. The van der Waals surface area contributed by atoms with E-state index in [-0.39, 0.29) is 17.8 Å². The van der Waals surface area contributed by atoms with Crippen molar-refractivity contribution in [2.24, 2.45) is 0 Å². The predicted octanol–water partition coefficient (Wildman–Crippen LogP) is 4.58. The Morgan fingerprint density at radius 2 is 1.72 bits per heavy atom. The van der Waals surface area contributed by atoms with Crippen LogP contribution < -0.4 is 20.1 Å². The SMILES string of the molecule is COc1cc(NC(=O)c2ccc(OC(C)C)cc2)ccc1NC(=O)c1ccco1. The smallest absolute Gasteiger partial charge is 0.291 e. The minimum Gasteiger partial charge on any atom is -0.494 e. The molecule has 0 bridgehead atoms. The van der Waals surface area contributed by atoms with Gasteiger partial charge in [-0.1, -0.05) is 0 Å². The van der Waals surface area contributed by atoms with Gasteiger partial charge in [0.05, 0.1) is 25.2 Å². The molecule has 2 aromatic carbocycles. The van der Waals surface area contributed by atoms with Gasteiger partial charge in [-0.3, -0.25) is 9.59 Å². The third-order valence-corrected chi connectivity index (χ3v) is 3.94. The van der Waals surface area contributed by atoms with Crippen molar-refractivity contribution in [3.8, 4) is 11.5 Å². The van der Waals surface area contributed by atoms with Crippen molar-refractivity contribution in [2.75, 3.05) is 17.7 Å². The number of rotatable bonds is 7. The third kappa shape index (κ3) is 5.16.